The number of likely N-dealkylation sites (N-methyl/N-ethyl adjacent to an activating group) is 1. The van der Waals surface area contributed by atoms with Gasteiger partial charge in [-0.05, 0) is 44.4 Å². The molecule has 33 heavy (non-hydrogen) atoms. The van der Waals surface area contributed by atoms with E-state index in [1.807, 2.05) is 31.2 Å². The summed E-state index contributed by atoms with van der Waals surface area (Å²) in [6.45, 7) is 4.53. The lowest BCUT2D eigenvalue weighted by Gasteiger charge is -2.43. The van der Waals surface area contributed by atoms with E-state index in [1.54, 1.807) is 18.9 Å². The molecule has 1 aromatic heterocycles. The van der Waals surface area contributed by atoms with Crippen molar-refractivity contribution in [3.05, 3.63) is 47.3 Å². The van der Waals surface area contributed by atoms with Crippen LogP contribution >= 0.6 is 0 Å². The number of carbonyl (C=O) groups excluding carboxylic acids is 3. The Hall–Kier alpha value is -3.36. The number of aromatic nitrogens is 2. The average molecular weight is 454 g/mol. The van der Waals surface area contributed by atoms with Crippen molar-refractivity contribution in [2.45, 2.75) is 64.2 Å². The van der Waals surface area contributed by atoms with Gasteiger partial charge in [0.15, 0.2) is 5.69 Å². The highest BCUT2D eigenvalue weighted by molar-refractivity contribution is 6.01. The maximum absolute atomic E-state index is 13.2. The number of hydrogen-bond acceptors (Lipinski definition) is 5. The molecule has 0 radical (unpaired) electrons. The highest BCUT2D eigenvalue weighted by atomic mass is 16.5. The highest BCUT2D eigenvalue weighted by Crippen LogP contribution is 2.28. The van der Waals surface area contributed by atoms with Gasteiger partial charge in [-0.3, -0.25) is 19.1 Å². The van der Waals surface area contributed by atoms with Crippen molar-refractivity contribution in [3.63, 3.8) is 0 Å². The molecule has 0 unspecified atom stereocenters. The molecular formula is C24H31N5O4. The first kappa shape index (κ1) is 22.8. The monoisotopic (exact) mass is 453 g/mol. The van der Waals surface area contributed by atoms with Gasteiger partial charge in [0.1, 0.15) is 17.0 Å². The zero-order valence-corrected chi connectivity index (χ0v) is 19.4. The second kappa shape index (κ2) is 9.25. The summed E-state index contributed by atoms with van der Waals surface area (Å²) in [4.78, 5) is 40.7. The fourth-order valence-electron chi connectivity index (χ4n) is 4.67. The molecule has 0 spiro atoms. The van der Waals surface area contributed by atoms with E-state index in [9.17, 15) is 14.4 Å². The minimum atomic E-state index is -1.07. The number of amides is 3. The SMILES string of the molecule is CCN1C(=O)c2cc(C(=O)NCc3ccc(OC)cc3)nn2C[C@]1(C)C(=O)NC1CCCC1. The summed E-state index contributed by atoms with van der Waals surface area (Å²) < 4.78 is 6.64. The molecule has 2 aromatic rings. The molecule has 9 heteroatoms. The molecule has 0 saturated heterocycles. The largest absolute Gasteiger partial charge is 0.497 e. The zero-order valence-electron chi connectivity index (χ0n) is 19.4. The second-order valence-electron chi connectivity index (χ2n) is 8.88. The molecule has 2 N–H and O–H groups in total. The zero-order chi connectivity index (χ0) is 23.6. The third-order valence-electron chi connectivity index (χ3n) is 6.64. The molecule has 3 amide bonds. The smallest absolute Gasteiger partial charge is 0.273 e. The van der Waals surface area contributed by atoms with Gasteiger partial charge in [-0.15, -0.1) is 0 Å². The molecule has 1 saturated carbocycles. The molecule has 9 nitrogen and oxygen atoms in total. The maximum atomic E-state index is 13.2. The van der Waals surface area contributed by atoms with E-state index in [-0.39, 0.29) is 36.0 Å². The van der Waals surface area contributed by atoms with Crippen LogP contribution in [0.25, 0.3) is 0 Å². The molecular weight excluding hydrogens is 422 g/mol. The van der Waals surface area contributed by atoms with E-state index in [0.29, 0.717) is 18.8 Å². The first-order chi connectivity index (χ1) is 15.9. The van der Waals surface area contributed by atoms with Crippen molar-refractivity contribution in [2.24, 2.45) is 0 Å². The van der Waals surface area contributed by atoms with Gasteiger partial charge in [0, 0.05) is 25.2 Å². The third kappa shape index (κ3) is 4.44. The number of methoxy groups -OCH3 is 1. The van der Waals surface area contributed by atoms with Gasteiger partial charge in [-0.1, -0.05) is 25.0 Å². The number of carbonyl (C=O) groups is 3. The fourth-order valence-corrected chi connectivity index (χ4v) is 4.67. The summed E-state index contributed by atoms with van der Waals surface area (Å²) in [7, 11) is 1.60. The predicted molar refractivity (Wildman–Crippen MR) is 122 cm³/mol. The fraction of sp³-hybridized carbons (Fsp3) is 0.500. The number of hydrogen-bond donors (Lipinski definition) is 2. The summed E-state index contributed by atoms with van der Waals surface area (Å²) in [5.41, 5.74) is 0.322. The molecule has 2 heterocycles. The van der Waals surface area contributed by atoms with E-state index in [2.05, 4.69) is 15.7 Å². The van der Waals surface area contributed by atoms with Gasteiger partial charge < -0.3 is 20.3 Å². The molecule has 4 rings (SSSR count). The summed E-state index contributed by atoms with van der Waals surface area (Å²) in [6, 6.07) is 9.05. The van der Waals surface area contributed by atoms with Gasteiger partial charge in [0.05, 0.1) is 13.7 Å². The topological polar surface area (TPSA) is 106 Å². The van der Waals surface area contributed by atoms with Crippen LogP contribution in [0.3, 0.4) is 0 Å². The van der Waals surface area contributed by atoms with Crippen molar-refractivity contribution in [1.82, 2.24) is 25.3 Å². The predicted octanol–water partition coefficient (Wildman–Crippen LogP) is 2.11. The Balaban J connectivity index is 1.49. The Kier molecular flexibility index (Phi) is 6.40. The van der Waals surface area contributed by atoms with Gasteiger partial charge in [0.2, 0.25) is 5.91 Å². The number of fused-ring (bicyclic) bond motifs is 1. The normalized spacial score (nSPS) is 20.5. The van der Waals surface area contributed by atoms with Crippen molar-refractivity contribution in [2.75, 3.05) is 13.7 Å². The van der Waals surface area contributed by atoms with Crippen LogP contribution in [0.4, 0.5) is 0 Å². The molecule has 0 bridgehead atoms. The van der Waals surface area contributed by atoms with Crippen LogP contribution in [0.2, 0.25) is 0 Å². The Labute approximate surface area is 193 Å². The van der Waals surface area contributed by atoms with Crippen molar-refractivity contribution < 1.29 is 19.1 Å². The van der Waals surface area contributed by atoms with Crippen LogP contribution < -0.4 is 15.4 Å². The van der Waals surface area contributed by atoms with Crippen molar-refractivity contribution >= 4 is 17.7 Å². The van der Waals surface area contributed by atoms with Crippen LogP contribution in [0.1, 0.15) is 66.1 Å². The maximum Gasteiger partial charge on any atom is 0.273 e. The van der Waals surface area contributed by atoms with E-state index in [1.165, 1.54) is 10.7 Å². The molecule has 1 aromatic carbocycles. The van der Waals surface area contributed by atoms with Gasteiger partial charge >= 0.3 is 0 Å². The molecule has 1 aliphatic heterocycles. The molecule has 176 valence electrons. The van der Waals surface area contributed by atoms with Gasteiger partial charge in [-0.25, -0.2) is 0 Å². The minimum absolute atomic E-state index is 0.154. The number of nitrogens with one attached hydrogen (secondary N) is 2. The standard InChI is InChI=1S/C24H31N5O4/c1-4-28-22(31)20-13-19(21(30)25-14-16-9-11-18(33-3)12-10-16)27-29(20)15-24(28,2)23(32)26-17-7-5-6-8-17/h9-13,17H,4-8,14-15H2,1-3H3,(H,25,30)(H,26,32)/t24-/m1/s1. The number of ether oxygens (including phenoxy) is 1. The molecule has 1 atom stereocenters. The highest BCUT2D eigenvalue weighted by Gasteiger charge is 2.48. The van der Waals surface area contributed by atoms with Gasteiger partial charge in [-0.2, -0.15) is 5.10 Å². The van der Waals surface area contributed by atoms with E-state index < -0.39 is 5.54 Å². The minimum Gasteiger partial charge on any atom is -0.497 e. The van der Waals surface area contributed by atoms with Crippen LogP contribution in [0, 0.1) is 0 Å². The van der Waals surface area contributed by atoms with Gasteiger partial charge in [0.25, 0.3) is 11.8 Å². The number of rotatable bonds is 7. The molecule has 1 fully saturated rings. The lowest BCUT2D eigenvalue weighted by molar-refractivity contribution is -0.133. The Bertz CT molecular complexity index is 1040. The van der Waals surface area contributed by atoms with Crippen LogP contribution in [-0.4, -0.2) is 57.6 Å². The number of benzene rings is 1. The van der Waals surface area contributed by atoms with Crippen LogP contribution in [0.5, 0.6) is 5.75 Å². The molecule has 1 aliphatic carbocycles. The summed E-state index contributed by atoms with van der Waals surface area (Å²) in [5, 5.41) is 10.3. The van der Waals surface area contributed by atoms with Crippen LogP contribution in [-0.2, 0) is 17.9 Å². The Morgan fingerprint density at radius 2 is 1.91 bits per heavy atom. The third-order valence-corrected chi connectivity index (χ3v) is 6.64. The quantitative estimate of drug-likeness (QED) is 0.668. The second-order valence-corrected chi connectivity index (χ2v) is 8.88. The first-order valence-electron chi connectivity index (χ1n) is 11.5. The summed E-state index contributed by atoms with van der Waals surface area (Å²) in [6.07, 6.45) is 4.15. The lowest BCUT2D eigenvalue weighted by atomic mass is 9.94. The first-order valence-corrected chi connectivity index (χ1v) is 11.5. The lowest BCUT2D eigenvalue weighted by Crippen LogP contribution is -2.64. The van der Waals surface area contributed by atoms with E-state index in [0.717, 1.165) is 37.0 Å². The Morgan fingerprint density at radius 1 is 1.21 bits per heavy atom. The number of nitrogens with zero attached hydrogens (tertiary/aromatic N) is 3. The average Bonchev–Trinajstić information content (AvgIpc) is 3.48. The van der Waals surface area contributed by atoms with Crippen molar-refractivity contribution in [1.29, 1.82) is 0 Å². The van der Waals surface area contributed by atoms with E-state index in [4.69, 9.17) is 4.74 Å². The van der Waals surface area contributed by atoms with Crippen LogP contribution in [0.15, 0.2) is 30.3 Å². The summed E-state index contributed by atoms with van der Waals surface area (Å²) >= 11 is 0. The summed E-state index contributed by atoms with van der Waals surface area (Å²) in [5.74, 6) is -0.0997. The molecule has 2 aliphatic rings. The van der Waals surface area contributed by atoms with E-state index >= 15 is 0 Å². The van der Waals surface area contributed by atoms with Crippen molar-refractivity contribution in [3.8, 4) is 5.75 Å². The Morgan fingerprint density at radius 3 is 2.55 bits per heavy atom.